The van der Waals surface area contributed by atoms with Gasteiger partial charge in [0.25, 0.3) is 0 Å². The fourth-order valence-corrected chi connectivity index (χ4v) is 3.61. The molecular formula is C19H13Cl6N3O2. The third kappa shape index (κ3) is 4.87. The summed E-state index contributed by atoms with van der Waals surface area (Å²) in [6.07, 6.45) is 0.430. The Kier molecular flexibility index (Phi) is 6.93. The zero-order chi connectivity index (χ0) is 22.3. The van der Waals surface area contributed by atoms with Crippen LogP contribution in [0.15, 0.2) is 36.4 Å². The summed E-state index contributed by atoms with van der Waals surface area (Å²) >= 11 is 35.8. The molecule has 0 aliphatic rings. The van der Waals surface area contributed by atoms with Crippen LogP contribution in [-0.4, -0.2) is 26.0 Å². The molecule has 0 aliphatic carbocycles. The van der Waals surface area contributed by atoms with E-state index in [9.17, 15) is 9.90 Å². The summed E-state index contributed by atoms with van der Waals surface area (Å²) in [7, 11) is 0. The lowest BCUT2D eigenvalue weighted by Crippen LogP contribution is -2.17. The number of hydrogen-bond acceptors (Lipinski definition) is 4. The van der Waals surface area contributed by atoms with Gasteiger partial charge >= 0.3 is 5.97 Å². The minimum Gasteiger partial charge on any atom is -0.481 e. The maximum atomic E-state index is 11.7. The lowest BCUT2D eigenvalue weighted by Gasteiger charge is -2.18. The molecule has 5 nitrogen and oxygen atoms in total. The average Bonchev–Trinajstić information content (AvgIpc) is 2.66. The van der Waals surface area contributed by atoms with E-state index in [-0.39, 0.29) is 17.5 Å². The standard InChI is InChI=1S/C19H13Cl6N3O2/c1-2-9(15(29)30)12-7-8-13(11-6-4-3-5-10(11)12)14-26-16(18(20,21)22)28-17(27-14)19(23,24)25/h3-9H,2H2,1H3,(H,29,30). The van der Waals surface area contributed by atoms with E-state index < -0.39 is 19.5 Å². The maximum absolute atomic E-state index is 11.7. The van der Waals surface area contributed by atoms with Crippen molar-refractivity contribution in [3.05, 3.63) is 53.6 Å². The second kappa shape index (κ2) is 8.81. The van der Waals surface area contributed by atoms with Gasteiger partial charge in [0.15, 0.2) is 17.5 Å². The average molecular weight is 528 g/mol. The summed E-state index contributed by atoms with van der Waals surface area (Å²) in [5, 5.41) is 11.0. The molecule has 1 atom stereocenters. The Hall–Kier alpha value is -1.08. The number of nitrogens with zero attached hydrogens (tertiary/aromatic N) is 3. The van der Waals surface area contributed by atoms with Crippen molar-refractivity contribution in [1.29, 1.82) is 0 Å². The van der Waals surface area contributed by atoms with E-state index in [1.165, 1.54) is 0 Å². The van der Waals surface area contributed by atoms with Crippen LogP contribution in [-0.2, 0) is 12.4 Å². The molecule has 0 bridgehead atoms. The number of fused-ring (bicyclic) bond motifs is 1. The van der Waals surface area contributed by atoms with Crippen molar-refractivity contribution in [2.24, 2.45) is 0 Å². The van der Waals surface area contributed by atoms with Gasteiger partial charge in [-0.2, -0.15) is 0 Å². The predicted octanol–water partition coefficient (Wildman–Crippen LogP) is 6.92. The number of aliphatic carboxylic acids is 1. The van der Waals surface area contributed by atoms with Crippen molar-refractivity contribution in [1.82, 2.24) is 15.0 Å². The second-order valence-electron chi connectivity index (χ2n) is 6.35. The van der Waals surface area contributed by atoms with Crippen molar-refractivity contribution in [2.75, 3.05) is 0 Å². The van der Waals surface area contributed by atoms with Crippen molar-refractivity contribution >= 4 is 86.3 Å². The minimum absolute atomic E-state index is 0.124. The summed E-state index contributed by atoms with van der Waals surface area (Å²) in [6, 6.07) is 10.7. The first-order valence-electron chi connectivity index (χ1n) is 8.58. The largest absolute Gasteiger partial charge is 0.481 e. The Morgan fingerprint density at radius 1 is 0.900 bits per heavy atom. The van der Waals surface area contributed by atoms with Crippen molar-refractivity contribution in [3.63, 3.8) is 0 Å². The Bertz CT molecular complexity index is 1080. The molecule has 1 aromatic heterocycles. The van der Waals surface area contributed by atoms with Gasteiger partial charge in [-0.1, -0.05) is 113 Å². The van der Waals surface area contributed by atoms with Crippen molar-refractivity contribution in [3.8, 4) is 11.4 Å². The number of rotatable bonds is 4. The van der Waals surface area contributed by atoms with Gasteiger partial charge in [-0.3, -0.25) is 4.79 Å². The lowest BCUT2D eigenvalue weighted by atomic mass is 9.89. The van der Waals surface area contributed by atoms with Crippen molar-refractivity contribution in [2.45, 2.75) is 26.8 Å². The molecule has 0 radical (unpaired) electrons. The molecule has 0 fully saturated rings. The van der Waals surface area contributed by atoms with Gasteiger partial charge in [-0.15, -0.1) is 0 Å². The molecule has 0 saturated carbocycles. The fraction of sp³-hybridized carbons (Fsp3) is 0.263. The van der Waals surface area contributed by atoms with Crippen LogP contribution >= 0.6 is 69.6 Å². The molecule has 2 aromatic carbocycles. The van der Waals surface area contributed by atoms with E-state index in [1.54, 1.807) is 12.1 Å². The monoisotopic (exact) mass is 525 g/mol. The van der Waals surface area contributed by atoms with Gasteiger partial charge in [0, 0.05) is 5.56 Å². The predicted molar refractivity (Wildman–Crippen MR) is 122 cm³/mol. The topological polar surface area (TPSA) is 76.0 Å². The number of halogens is 6. The van der Waals surface area contributed by atoms with Crippen LogP contribution in [0.2, 0.25) is 0 Å². The highest BCUT2D eigenvalue weighted by molar-refractivity contribution is 6.67. The summed E-state index contributed by atoms with van der Waals surface area (Å²) in [6.45, 7) is 1.81. The van der Waals surface area contributed by atoms with Crippen LogP contribution in [0.5, 0.6) is 0 Å². The number of carboxylic acid groups (broad SMARTS) is 1. The normalized spacial score (nSPS) is 13.4. The van der Waals surface area contributed by atoms with Gasteiger partial charge in [-0.05, 0) is 22.8 Å². The molecule has 0 saturated heterocycles. The quantitative estimate of drug-likeness (QED) is 0.372. The van der Waals surface area contributed by atoms with E-state index >= 15 is 0 Å². The van der Waals surface area contributed by atoms with Crippen LogP contribution in [0.4, 0.5) is 0 Å². The highest BCUT2D eigenvalue weighted by Crippen LogP contribution is 2.42. The fourth-order valence-electron chi connectivity index (χ4n) is 3.10. The smallest absolute Gasteiger partial charge is 0.310 e. The van der Waals surface area contributed by atoms with Gasteiger partial charge < -0.3 is 5.11 Å². The van der Waals surface area contributed by atoms with E-state index in [1.807, 2.05) is 31.2 Å². The minimum atomic E-state index is -1.98. The molecule has 158 valence electrons. The number of hydrogen-bond donors (Lipinski definition) is 1. The molecule has 30 heavy (non-hydrogen) atoms. The molecule has 0 aliphatic heterocycles. The Labute approximate surface area is 202 Å². The molecule has 0 amide bonds. The SMILES string of the molecule is CCC(C(=O)O)c1ccc(-c2nc(C(Cl)(Cl)Cl)nc(C(Cl)(Cl)Cl)n2)c2ccccc12. The maximum Gasteiger partial charge on any atom is 0.310 e. The zero-order valence-corrected chi connectivity index (χ0v) is 19.7. The summed E-state index contributed by atoms with van der Waals surface area (Å²) in [5.74, 6) is -1.87. The first kappa shape index (κ1) is 23.6. The van der Waals surface area contributed by atoms with E-state index in [4.69, 9.17) is 69.6 Å². The van der Waals surface area contributed by atoms with E-state index in [0.29, 0.717) is 22.9 Å². The number of aromatic nitrogens is 3. The molecular weight excluding hydrogens is 515 g/mol. The molecule has 1 unspecified atom stereocenters. The van der Waals surface area contributed by atoms with Crippen molar-refractivity contribution < 1.29 is 9.90 Å². The van der Waals surface area contributed by atoms with Crippen LogP contribution in [0, 0.1) is 0 Å². The number of carboxylic acids is 1. The Morgan fingerprint density at radius 3 is 1.90 bits per heavy atom. The van der Waals surface area contributed by atoms with E-state index in [0.717, 1.165) is 5.39 Å². The number of benzene rings is 2. The molecule has 3 rings (SSSR count). The van der Waals surface area contributed by atoms with Gasteiger partial charge in [-0.25, -0.2) is 15.0 Å². The second-order valence-corrected chi connectivity index (χ2v) is 10.9. The zero-order valence-electron chi connectivity index (χ0n) is 15.2. The summed E-state index contributed by atoms with van der Waals surface area (Å²) < 4.78 is -3.95. The van der Waals surface area contributed by atoms with Crippen LogP contribution in [0.1, 0.15) is 36.5 Å². The third-order valence-electron chi connectivity index (χ3n) is 4.42. The van der Waals surface area contributed by atoms with Crippen LogP contribution < -0.4 is 0 Å². The molecule has 0 spiro atoms. The Balaban J connectivity index is 2.32. The van der Waals surface area contributed by atoms with Gasteiger partial charge in [0.1, 0.15) is 0 Å². The third-order valence-corrected chi connectivity index (χ3v) is 5.44. The highest BCUT2D eigenvalue weighted by Gasteiger charge is 2.34. The van der Waals surface area contributed by atoms with Gasteiger partial charge in [0.2, 0.25) is 7.59 Å². The first-order chi connectivity index (χ1) is 13.9. The first-order valence-corrected chi connectivity index (χ1v) is 10.9. The van der Waals surface area contributed by atoms with Gasteiger partial charge in [0.05, 0.1) is 5.92 Å². The number of alkyl halides is 6. The molecule has 1 N–H and O–H groups in total. The summed E-state index contributed by atoms with van der Waals surface area (Å²) in [4.78, 5) is 24.2. The van der Waals surface area contributed by atoms with Crippen LogP contribution in [0.25, 0.3) is 22.2 Å². The number of carbonyl (C=O) groups is 1. The summed E-state index contributed by atoms with van der Waals surface area (Å²) in [5.41, 5.74) is 1.21. The Morgan fingerprint density at radius 2 is 1.43 bits per heavy atom. The lowest BCUT2D eigenvalue weighted by molar-refractivity contribution is -0.138. The highest BCUT2D eigenvalue weighted by atomic mass is 35.6. The molecule has 11 heteroatoms. The van der Waals surface area contributed by atoms with E-state index in [2.05, 4.69) is 15.0 Å². The van der Waals surface area contributed by atoms with Crippen LogP contribution in [0.3, 0.4) is 0 Å². The molecule has 1 heterocycles. The molecule has 3 aromatic rings.